The van der Waals surface area contributed by atoms with Gasteiger partial charge in [-0.15, -0.1) is 0 Å². The molecule has 5 nitrogen and oxygen atoms in total. The van der Waals surface area contributed by atoms with Crippen molar-refractivity contribution in [3.05, 3.63) is 34.9 Å². The van der Waals surface area contributed by atoms with Gasteiger partial charge >= 0.3 is 24.0 Å². The number of rotatable bonds is 5. The zero-order valence-corrected chi connectivity index (χ0v) is 16.0. The molecule has 1 fully saturated rings. The first-order valence-electron chi connectivity index (χ1n) is 9.44. The molecule has 12 heteroatoms. The topological polar surface area (TPSA) is 69.6 Å². The minimum absolute atomic E-state index is 0.0718. The average molecular weight is 456 g/mol. The Morgan fingerprint density at radius 3 is 2.29 bits per heavy atom. The summed E-state index contributed by atoms with van der Waals surface area (Å²) in [7, 11) is 0. The summed E-state index contributed by atoms with van der Waals surface area (Å²) in [4.78, 5) is 24.2. The zero-order chi connectivity index (χ0) is 23.2. The minimum atomic E-state index is -6.16. The molecular formula is C19H19F7N2O3. The molecule has 0 bridgehead atoms. The van der Waals surface area contributed by atoms with Crippen molar-refractivity contribution in [2.75, 3.05) is 19.6 Å². The van der Waals surface area contributed by atoms with Gasteiger partial charge in [0.25, 0.3) is 0 Å². The Bertz CT molecular complexity index is 855. The molecule has 0 radical (unpaired) electrons. The fourth-order valence-corrected chi connectivity index (χ4v) is 4.46. The molecule has 1 amide bonds. The lowest BCUT2D eigenvalue weighted by Crippen LogP contribution is -2.50. The van der Waals surface area contributed by atoms with Crippen molar-refractivity contribution < 1.29 is 45.4 Å². The standard InChI is InChI=1S/C19H19F7N2O3/c20-17(18(21,22)23,19(24,25)26)11-2-3-12-10(7-11)1-4-14-13(12)5-6-28(14)9-15(29)27-8-16(30)31/h2-3,7,13-14H,1,4-6,8-9H2,(H,27,29)(H,30,31). The molecule has 1 heterocycles. The predicted molar refractivity (Wildman–Crippen MR) is 93.0 cm³/mol. The number of aliphatic carboxylic acids is 1. The SMILES string of the molecule is O=C(O)CNC(=O)CN1CCC2c3ccc(C(F)(C(F)(F)F)C(F)(F)F)cc3CCC21. The third-order valence-corrected chi connectivity index (χ3v) is 5.88. The summed E-state index contributed by atoms with van der Waals surface area (Å²) in [5, 5.41) is 10.8. The van der Waals surface area contributed by atoms with E-state index >= 15 is 0 Å². The Balaban J connectivity index is 1.82. The van der Waals surface area contributed by atoms with Crippen LogP contribution in [-0.2, 0) is 21.7 Å². The van der Waals surface area contributed by atoms with Gasteiger partial charge in [-0.1, -0.05) is 18.2 Å². The number of nitrogens with zero attached hydrogens (tertiary/aromatic N) is 1. The molecule has 0 saturated carbocycles. The highest BCUT2D eigenvalue weighted by molar-refractivity contribution is 5.82. The summed E-state index contributed by atoms with van der Waals surface area (Å²) in [6, 6.07) is 2.12. The number of carboxylic acids is 1. The van der Waals surface area contributed by atoms with E-state index in [0.29, 0.717) is 37.1 Å². The first kappa shape index (κ1) is 23.3. The van der Waals surface area contributed by atoms with E-state index in [1.165, 1.54) is 0 Å². The number of benzene rings is 1. The summed E-state index contributed by atoms with van der Waals surface area (Å²) in [5.41, 5.74) is -6.19. The number of carboxylic acid groups (broad SMARTS) is 1. The second-order valence-electron chi connectivity index (χ2n) is 7.71. The number of likely N-dealkylation sites (tertiary alicyclic amines) is 1. The van der Waals surface area contributed by atoms with E-state index in [4.69, 9.17) is 5.11 Å². The van der Waals surface area contributed by atoms with Crippen LogP contribution in [0.4, 0.5) is 30.7 Å². The molecule has 2 unspecified atom stereocenters. The van der Waals surface area contributed by atoms with E-state index in [9.17, 15) is 40.3 Å². The number of nitrogens with one attached hydrogen (secondary N) is 1. The number of aryl methyl sites for hydroxylation is 1. The second kappa shape index (κ2) is 7.95. The third-order valence-electron chi connectivity index (χ3n) is 5.88. The number of halogens is 7. The fourth-order valence-electron chi connectivity index (χ4n) is 4.46. The number of amides is 1. The van der Waals surface area contributed by atoms with Gasteiger partial charge in [-0.25, -0.2) is 4.39 Å². The van der Waals surface area contributed by atoms with Crippen molar-refractivity contribution in [3.8, 4) is 0 Å². The molecule has 2 atom stereocenters. The van der Waals surface area contributed by atoms with Gasteiger partial charge in [0.05, 0.1) is 6.54 Å². The van der Waals surface area contributed by atoms with Gasteiger partial charge in [-0.2, -0.15) is 26.3 Å². The molecule has 172 valence electrons. The van der Waals surface area contributed by atoms with Crippen molar-refractivity contribution in [3.63, 3.8) is 0 Å². The van der Waals surface area contributed by atoms with Gasteiger partial charge in [-0.05, 0) is 36.9 Å². The Labute approximate surface area is 172 Å². The first-order valence-corrected chi connectivity index (χ1v) is 9.44. The lowest BCUT2D eigenvalue weighted by Gasteiger charge is -2.35. The number of carbonyl (C=O) groups excluding carboxylic acids is 1. The van der Waals surface area contributed by atoms with Crippen LogP contribution in [0.3, 0.4) is 0 Å². The molecule has 1 aromatic rings. The minimum Gasteiger partial charge on any atom is -0.480 e. The van der Waals surface area contributed by atoms with E-state index in [-0.39, 0.29) is 30.5 Å². The molecule has 1 aromatic carbocycles. The van der Waals surface area contributed by atoms with Crippen LogP contribution in [0, 0.1) is 0 Å². The lowest BCUT2D eigenvalue weighted by molar-refractivity contribution is -0.348. The Hall–Kier alpha value is -2.37. The quantitative estimate of drug-likeness (QED) is 0.668. The summed E-state index contributed by atoms with van der Waals surface area (Å²) in [6.07, 6.45) is -11.3. The van der Waals surface area contributed by atoms with Crippen molar-refractivity contribution in [1.82, 2.24) is 10.2 Å². The van der Waals surface area contributed by atoms with E-state index in [2.05, 4.69) is 5.32 Å². The van der Waals surface area contributed by atoms with Crippen molar-refractivity contribution >= 4 is 11.9 Å². The zero-order valence-electron chi connectivity index (χ0n) is 16.0. The van der Waals surface area contributed by atoms with E-state index in [0.717, 1.165) is 6.07 Å². The molecule has 2 aliphatic rings. The Morgan fingerprint density at radius 1 is 1.06 bits per heavy atom. The fraction of sp³-hybridized carbons (Fsp3) is 0.579. The second-order valence-corrected chi connectivity index (χ2v) is 7.71. The van der Waals surface area contributed by atoms with Gasteiger partial charge in [0.1, 0.15) is 6.54 Å². The third kappa shape index (κ3) is 4.21. The monoisotopic (exact) mass is 456 g/mol. The molecule has 0 aromatic heterocycles. The van der Waals surface area contributed by atoms with Crippen LogP contribution in [0.5, 0.6) is 0 Å². The normalized spacial score (nSPS) is 22.0. The number of hydrogen-bond donors (Lipinski definition) is 2. The highest BCUT2D eigenvalue weighted by Gasteiger charge is 2.73. The molecule has 1 aliphatic carbocycles. The van der Waals surface area contributed by atoms with Crippen LogP contribution < -0.4 is 5.32 Å². The maximum Gasteiger partial charge on any atom is 0.435 e. The molecule has 31 heavy (non-hydrogen) atoms. The Morgan fingerprint density at radius 2 is 1.71 bits per heavy atom. The molecule has 1 aliphatic heterocycles. The van der Waals surface area contributed by atoms with Crippen LogP contribution in [0.2, 0.25) is 0 Å². The van der Waals surface area contributed by atoms with Gasteiger partial charge in [0.2, 0.25) is 5.91 Å². The number of hydrogen-bond acceptors (Lipinski definition) is 3. The van der Waals surface area contributed by atoms with Crippen LogP contribution in [0.25, 0.3) is 0 Å². The molecule has 3 rings (SSSR count). The number of fused-ring (bicyclic) bond motifs is 3. The van der Waals surface area contributed by atoms with Crippen molar-refractivity contribution in [2.24, 2.45) is 0 Å². The smallest absolute Gasteiger partial charge is 0.435 e. The van der Waals surface area contributed by atoms with Crippen molar-refractivity contribution in [2.45, 2.75) is 49.2 Å². The maximum atomic E-state index is 14.4. The van der Waals surface area contributed by atoms with Crippen LogP contribution in [0.1, 0.15) is 35.4 Å². The van der Waals surface area contributed by atoms with Crippen molar-refractivity contribution in [1.29, 1.82) is 0 Å². The highest BCUT2D eigenvalue weighted by Crippen LogP contribution is 2.54. The summed E-state index contributed by atoms with van der Waals surface area (Å²) in [5.74, 6) is -1.92. The first-order chi connectivity index (χ1) is 14.3. The number of alkyl halides is 7. The number of carbonyl (C=O) groups is 2. The lowest BCUT2D eigenvalue weighted by atomic mass is 9.77. The summed E-state index contributed by atoms with van der Waals surface area (Å²) in [6.45, 7) is -0.150. The largest absolute Gasteiger partial charge is 0.480 e. The predicted octanol–water partition coefficient (Wildman–Crippen LogP) is 3.28. The van der Waals surface area contributed by atoms with E-state index in [1.54, 1.807) is 0 Å². The van der Waals surface area contributed by atoms with E-state index in [1.807, 2.05) is 4.90 Å². The Kier molecular flexibility index (Phi) is 5.98. The van der Waals surface area contributed by atoms with Gasteiger partial charge in [0.15, 0.2) is 0 Å². The molecule has 0 spiro atoms. The van der Waals surface area contributed by atoms with Crippen LogP contribution in [0.15, 0.2) is 18.2 Å². The van der Waals surface area contributed by atoms with Gasteiger partial charge in [-0.3, -0.25) is 14.5 Å². The average Bonchev–Trinajstić information content (AvgIpc) is 3.06. The van der Waals surface area contributed by atoms with Gasteiger partial charge < -0.3 is 10.4 Å². The molecular weight excluding hydrogens is 437 g/mol. The van der Waals surface area contributed by atoms with Crippen LogP contribution in [-0.4, -0.2) is 59.9 Å². The summed E-state index contributed by atoms with van der Waals surface area (Å²) < 4.78 is 92.6. The van der Waals surface area contributed by atoms with E-state index < -0.39 is 42.0 Å². The highest BCUT2D eigenvalue weighted by atomic mass is 19.4. The molecule has 1 saturated heterocycles. The van der Waals surface area contributed by atoms with Gasteiger partial charge in [0, 0.05) is 17.5 Å². The maximum absolute atomic E-state index is 14.4. The van der Waals surface area contributed by atoms with Crippen LogP contribution >= 0.6 is 0 Å². The molecule has 2 N–H and O–H groups in total. The summed E-state index contributed by atoms with van der Waals surface area (Å²) >= 11 is 0.